The minimum Gasteiger partial charge on any atom is -0.465 e. The summed E-state index contributed by atoms with van der Waals surface area (Å²) in [6.07, 6.45) is 0.665. The maximum atomic E-state index is 13.7. The van der Waals surface area contributed by atoms with E-state index in [1.165, 1.54) is 22.0 Å². The number of rotatable bonds is 8. The Morgan fingerprint density at radius 1 is 1.23 bits per heavy atom. The third kappa shape index (κ3) is 5.39. The van der Waals surface area contributed by atoms with Gasteiger partial charge in [-0.1, -0.05) is 30.3 Å². The normalized spacial score (nSPS) is 16.6. The van der Waals surface area contributed by atoms with Crippen molar-refractivity contribution < 1.29 is 19.1 Å². The molecule has 0 unspecified atom stereocenters. The van der Waals surface area contributed by atoms with Crippen molar-refractivity contribution in [1.29, 1.82) is 0 Å². The predicted octanol–water partition coefficient (Wildman–Crippen LogP) is 4.39. The van der Waals surface area contributed by atoms with Crippen LogP contribution in [0, 0.1) is 6.92 Å². The molecule has 1 fully saturated rings. The Hall–Kier alpha value is -4.32. The van der Waals surface area contributed by atoms with Crippen molar-refractivity contribution in [2.75, 3.05) is 6.54 Å². The number of benzene rings is 1. The van der Waals surface area contributed by atoms with Crippen LogP contribution < -0.4 is 10.9 Å². The van der Waals surface area contributed by atoms with Crippen LogP contribution in [-0.4, -0.2) is 48.3 Å². The summed E-state index contributed by atoms with van der Waals surface area (Å²) in [4.78, 5) is 44.8. The fourth-order valence-corrected chi connectivity index (χ4v) is 6.09. The van der Waals surface area contributed by atoms with Crippen molar-refractivity contribution in [3.63, 3.8) is 0 Å². The number of aromatic nitrogens is 4. The number of nitrogens with one attached hydrogen (secondary N) is 1. The van der Waals surface area contributed by atoms with Gasteiger partial charge in [-0.3, -0.25) is 9.59 Å². The maximum absolute atomic E-state index is 13.7. The first-order chi connectivity index (χ1) is 19.2. The Morgan fingerprint density at radius 2 is 2.00 bits per heavy atom. The molecule has 1 saturated heterocycles. The molecule has 3 aromatic heterocycles. The Bertz CT molecular complexity index is 1600. The van der Waals surface area contributed by atoms with Crippen LogP contribution in [0.5, 0.6) is 0 Å². The topological polar surface area (TPSA) is 143 Å². The van der Waals surface area contributed by atoms with Gasteiger partial charge in [0.1, 0.15) is 16.2 Å². The Labute approximate surface area is 234 Å². The highest BCUT2D eigenvalue weighted by molar-refractivity contribution is 7.09. The molecule has 4 aromatic rings. The largest absolute Gasteiger partial charge is 0.465 e. The van der Waals surface area contributed by atoms with Crippen molar-refractivity contribution in [2.24, 2.45) is 0 Å². The van der Waals surface area contributed by atoms with E-state index < -0.39 is 11.6 Å². The van der Waals surface area contributed by atoms with E-state index in [1.807, 2.05) is 42.6 Å². The molecule has 0 bridgehead atoms. The smallest absolute Gasteiger partial charge is 0.405 e. The molecule has 1 aliphatic rings. The van der Waals surface area contributed by atoms with E-state index in [2.05, 4.69) is 20.5 Å². The zero-order valence-corrected chi connectivity index (χ0v) is 23.3. The van der Waals surface area contributed by atoms with Gasteiger partial charge in [-0.25, -0.2) is 9.78 Å². The van der Waals surface area contributed by atoms with Gasteiger partial charge in [0.25, 0.3) is 17.4 Å². The lowest BCUT2D eigenvalue weighted by molar-refractivity contribution is 0.0735. The number of aryl methyl sites for hydroxylation is 1. The van der Waals surface area contributed by atoms with E-state index in [-0.39, 0.29) is 47.0 Å². The van der Waals surface area contributed by atoms with Crippen molar-refractivity contribution in [3.05, 3.63) is 85.9 Å². The van der Waals surface area contributed by atoms with Crippen LogP contribution in [-0.2, 0) is 18.5 Å². The number of thiazole rings is 1. The van der Waals surface area contributed by atoms with E-state index in [9.17, 15) is 19.5 Å². The van der Waals surface area contributed by atoms with Crippen LogP contribution in [0.4, 0.5) is 4.79 Å². The molecule has 2 atom stereocenters. The van der Waals surface area contributed by atoms with Gasteiger partial charge in [0.2, 0.25) is 5.89 Å². The molecule has 12 heteroatoms. The van der Waals surface area contributed by atoms with Crippen LogP contribution in [0.25, 0.3) is 11.6 Å². The van der Waals surface area contributed by atoms with Crippen molar-refractivity contribution in [2.45, 2.75) is 58.2 Å². The average molecular weight is 563 g/mol. The Kier molecular flexibility index (Phi) is 7.53. The second-order valence-corrected chi connectivity index (χ2v) is 10.9. The molecule has 5 rings (SSSR count). The summed E-state index contributed by atoms with van der Waals surface area (Å²) in [6.45, 7) is 6.26. The fraction of sp³-hybridized carbons (Fsp3) is 0.357. The summed E-state index contributed by atoms with van der Waals surface area (Å²) in [5, 5.41) is 23.2. The minimum atomic E-state index is -1.24. The van der Waals surface area contributed by atoms with E-state index in [0.717, 1.165) is 29.1 Å². The van der Waals surface area contributed by atoms with E-state index in [1.54, 1.807) is 24.8 Å². The van der Waals surface area contributed by atoms with Crippen molar-refractivity contribution >= 4 is 23.3 Å². The molecular formula is C28H30N6O5S. The Balaban J connectivity index is 1.51. The second-order valence-electron chi connectivity index (χ2n) is 10.0. The molecule has 2 N–H and O–H groups in total. The van der Waals surface area contributed by atoms with Crippen LogP contribution >= 0.6 is 11.3 Å². The van der Waals surface area contributed by atoms with Crippen LogP contribution in [0.3, 0.4) is 0 Å². The lowest BCUT2D eigenvalue weighted by Gasteiger charge is -2.25. The molecule has 1 aromatic carbocycles. The maximum Gasteiger partial charge on any atom is 0.405 e. The molecule has 208 valence electrons. The average Bonchev–Trinajstić information content (AvgIpc) is 3.69. The highest BCUT2D eigenvalue weighted by Crippen LogP contribution is 2.35. The zero-order valence-electron chi connectivity index (χ0n) is 22.5. The van der Waals surface area contributed by atoms with Gasteiger partial charge in [-0.05, 0) is 45.2 Å². The number of amides is 2. The standard InChI is InChI=1S/C28H30N6O5S/c1-4-33-21(23-31-32-26(39-23)28(3,30-27(37)38)15-18-9-6-5-7-10-18)13-19(14-22(33)35)25(36)34-12-8-11-20(34)24-29-17(2)16-40-24/h5-7,9-10,13-14,16,20,30H,4,8,11-12,15H2,1-3H3,(H,37,38)/t20-,28-/m1/s1. The highest BCUT2D eigenvalue weighted by Gasteiger charge is 2.36. The summed E-state index contributed by atoms with van der Waals surface area (Å²) in [5.41, 5.74) is 0.677. The van der Waals surface area contributed by atoms with Gasteiger partial charge in [0, 0.05) is 42.2 Å². The molecule has 4 heterocycles. The number of likely N-dealkylation sites (tertiary alicyclic amines) is 1. The lowest BCUT2D eigenvalue weighted by atomic mass is 9.93. The molecule has 0 saturated carbocycles. The molecule has 40 heavy (non-hydrogen) atoms. The minimum absolute atomic E-state index is 0.0172. The quantitative estimate of drug-likeness (QED) is 0.322. The zero-order chi connectivity index (χ0) is 28.4. The number of hydrogen-bond acceptors (Lipinski definition) is 8. The summed E-state index contributed by atoms with van der Waals surface area (Å²) in [6, 6.07) is 12.1. The van der Waals surface area contributed by atoms with Gasteiger partial charge in [-0.2, -0.15) is 0 Å². The second kappa shape index (κ2) is 11.0. The summed E-state index contributed by atoms with van der Waals surface area (Å²) >= 11 is 1.53. The molecule has 11 nitrogen and oxygen atoms in total. The summed E-state index contributed by atoms with van der Waals surface area (Å²) in [7, 11) is 0. The fourth-order valence-electron chi connectivity index (χ4n) is 5.14. The SMILES string of the molecule is CCn1c(-c2nnc([C@@](C)(Cc3ccccc3)NC(=O)O)o2)cc(C(=O)N2CCC[C@@H]2c2nc(C)cs2)cc1=O. The van der Waals surface area contributed by atoms with Crippen molar-refractivity contribution in [3.8, 4) is 11.6 Å². The third-order valence-electron chi connectivity index (χ3n) is 7.03. The highest BCUT2D eigenvalue weighted by atomic mass is 32.1. The van der Waals surface area contributed by atoms with Crippen LogP contribution in [0.1, 0.15) is 65.2 Å². The summed E-state index contributed by atoms with van der Waals surface area (Å²) < 4.78 is 7.46. The number of hydrogen-bond donors (Lipinski definition) is 2. The Morgan fingerprint density at radius 3 is 2.67 bits per heavy atom. The number of carbonyl (C=O) groups excluding carboxylic acids is 1. The van der Waals surface area contributed by atoms with Crippen molar-refractivity contribution in [1.82, 2.24) is 30.0 Å². The number of nitrogens with zero attached hydrogens (tertiary/aromatic N) is 5. The molecule has 1 aliphatic heterocycles. The summed E-state index contributed by atoms with van der Waals surface area (Å²) in [5.74, 6) is -0.207. The molecule has 0 aliphatic carbocycles. The van der Waals surface area contributed by atoms with Crippen LogP contribution in [0.15, 0.2) is 57.1 Å². The third-order valence-corrected chi connectivity index (χ3v) is 8.09. The number of carbonyl (C=O) groups is 2. The first kappa shape index (κ1) is 27.3. The monoisotopic (exact) mass is 562 g/mol. The van der Waals surface area contributed by atoms with E-state index in [4.69, 9.17) is 4.42 Å². The van der Waals surface area contributed by atoms with Crippen LogP contribution in [0.2, 0.25) is 0 Å². The van der Waals surface area contributed by atoms with Gasteiger partial charge in [-0.15, -0.1) is 21.5 Å². The van der Waals surface area contributed by atoms with Gasteiger partial charge >= 0.3 is 6.09 Å². The van der Waals surface area contributed by atoms with Gasteiger partial charge < -0.3 is 24.3 Å². The number of pyridine rings is 1. The molecule has 0 radical (unpaired) electrons. The molecule has 0 spiro atoms. The van der Waals surface area contributed by atoms with E-state index >= 15 is 0 Å². The lowest BCUT2D eigenvalue weighted by Crippen LogP contribution is -2.44. The van der Waals surface area contributed by atoms with E-state index in [0.29, 0.717) is 13.1 Å². The molecule has 2 amide bonds. The molecular weight excluding hydrogens is 532 g/mol. The first-order valence-corrected chi connectivity index (χ1v) is 13.9. The number of carboxylic acid groups (broad SMARTS) is 1. The predicted molar refractivity (Wildman–Crippen MR) is 148 cm³/mol. The van der Waals surface area contributed by atoms with Gasteiger partial charge in [0.05, 0.1) is 6.04 Å². The first-order valence-electron chi connectivity index (χ1n) is 13.1. The van der Waals surface area contributed by atoms with Gasteiger partial charge in [0.15, 0.2) is 0 Å².